The number of nitrogens with zero attached hydrogens (tertiary/aromatic N) is 3. The van der Waals surface area contributed by atoms with Crippen molar-refractivity contribution >= 4 is 29.4 Å². The van der Waals surface area contributed by atoms with Crippen LogP contribution in [-0.2, 0) is 19.8 Å². The molecule has 2 saturated heterocycles. The molecule has 1 aromatic rings. The lowest BCUT2D eigenvalue weighted by molar-refractivity contribution is -0.141. The van der Waals surface area contributed by atoms with E-state index < -0.39 is 0 Å². The number of fused-ring (bicyclic) bond motifs is 3. The highest BCUT2D eigenvalue weighted by atomic mass is 16.2. The molecule has 0 spiro atoms. The molecule has 4 aliphatic rings. The summed E-state index contributed by atoms with van der Waals surface area (Å²) < 4.78 is 0. The summed E-state index contributed by atoms with van der Waals surface area (Å²) in [6.45, 7) is 6.60. The van der Waals surface area contributed by atoms with Crippen LogP contribution in [-0.4, -0.2) is 67.2 Å². The highest BCUT2D eigenvalue weighted by Gasteiger charge is 2.41. The van der Waals surface area contributed by atoms with Crippen molar-refractivity contribution in [3.63, 3.8) is 0 Å². The summed E-state index contributed by atoms with van der Waals surface area (Å²) in [4.78, 5) is 42.0. The van der Waals surface area contributed by atoms with Crippen LogP contribution in [0, 0.1) is 5.92 Å². The molecule has 2 fully saturated rings. The summed E-state index contributed by atoms with van der Waals surface area (Å²) >= 11 is 0. The van der Waals surface area contributed by atoms with Gasteiger partial charge in [-0.25, -0.2) is 0 Å². The molecule has 6 nitrogen and oxygen atoms in total. The molecule has 6 heteroatoms. The van der Waals surface area contributed by atoms with Crippen LogP contribution in [0.25, 0.3) is 6.08 Å². The van der Waals surface area contributed by atoms with E-state index in [0.29, 0.717) is 18.4 Å². The summed E-state index contributed by atoms with van der Waals surface area (Å²) in [6, 6.07) is 7.23. The fourth-order valence-corrected chi connectivity index (χ4v) is 6.67. The standard InChI is InChI=1S/C30H39N3O3/c1-30(2)25-17-23(31(3)4)10-9-20(25)15-22-16-21-7-5-13-32(27(21)18-26(22)30)14-6-8-24(34)19-33-28(35)11-12-29(33)36/h9-10,15,17-18,21,27H,5-8,11-14,16,19H2,1-4H3. The molecule has 2 heterocycles. The van der Waals surface area contributed by atoms with Crippen LogP contribution in [0.15, 0.2) is 35.4 Å². The lowest BCUT2D eigenvalue weighted by Crippen LogP contribution is -2.47. The number of carbonyl (C=O) groups excluding carboxylic acids is 3. The number of ketones is 1. The Morgan fingerprint density at radius 3 is 2.61 bits per heavy atom. The van der Waals surface area contributed by atoms with Gasteiger partial charge in [-0.1, -0.05) is 32.1 Å². The molecule has 36 heavy (non-hydrogen) atoms. The summed E-state index contributed by atoms with van der Waals surface area (Å²) in [7, 11) is 4.18. The van der Waals surface area contributed by atoms with Crippen LogP contribution >= 0.6 is 0 Å². The molecule has 2 unspecified atom stereocenters. The average Bonchev–Trinajstić information content (AvgIpc) is 3.15. The third-order valence-corrected chi connectivity index (χ3v) is 8.71. The average molecular weight is 490 g/mol. The normalized spacial score (nSPS) is 25.1. The Kier molecular flexibility index (Phi) is 6.67. The Bertz CT molecular complexity index is 1130. The maximum atomic E-state index is 12.5. The van der Waals surface area contributed by atoms with Gasteiger partial charge in [0.15, 0.2) is 5.78 Å². The highest BCUT2D eigenvalue weighted by molar-refractivity contribution is 6.04. The van der Waals surface area contributed by atoms with Crippen molar-refractivity contribution in [3.8, 4) is 0 Å². The lowest BCUT2D eigenvalue weighted by atomic mass is 9.63. The van der Waals surface area contributed by atoms with Gasteiger partial charge in [-0.3, -0.25) is 24.2 Å². The van der Waals surface area contributed by atoms with Crippen LogP contribution in [0.1, 0.15) is 69.9 Å². The Balaban J connectivity index is 1.29. The molecule has 1 aromatic carbocycles. The monoisotopic (exact) mass is 489 g/mol. The highest BCUT2D eigenvalue weighted by Crippen LogP contribution is 2.50. The molecular weight excluding hydrogens is 450 g/mol. The summed E-state index contributed by atoms with van der Waals surface area (Å²) in [5, 5.41) is 0. The zero-order valence-electron chi connectivity index (χ0n) is 22.2. The second-order valence-electron chi connectivity index (χ2n) is 11.7. The number of anilines is 1. The molecule has 192 valence electrons. The molecule has 0 radical (unpaired) electrons. The van der Waals surface area contributed by atoms with Gasteiger partial charge in [0.1, 0.15) is 0 Å². The Labute approximate surface area is 215 Å². The van der Waals surface area contributed by atoms with Crippen molar-refractivity contribution < 1.29 is 14.4 Å². The van der Waals surface area contributed by atoms with Crippen LogP contribution < -0.4 is 4.90 Å². The molecule has 5 rings (SSSR count). The fraction of sp³-hybridized carbons (Fsp3) is 0.567. The Morgan fingerprint density at radius 1 is 1.14 bits per heavy atom. The largest absolute Gasteiger partial charge is 0.378 e. The minimum absolute atomic E-state index is 0.0129. The predicted octanol–water partition coefficient (Wildman–Crippen LogP) is 4.34. The lowest BCUT2D eigenvalue weighted by Gasteiger charge is -2.47. The van der Waals surface area contributed by atoms with Crippen LogP contribution in [0.4, 0.5) is 5.69 Å². The van der Waals surface area contributed by atoms with Crippen LogP contribution in [0.5, 0.6) is 0 Å². The molecule has 0 saturated carbocycles. The van der Waals surface area contributed by atoms with E-state index in [2.05, 4.69) is 68.1 Å². The number of imide groups is 1. The fourth-order valence-electron chi connectivity index (χ4n) is 6.67. The number of allylic oxidation sites excluding steroid dienone is 2. The Hall–Kier alpha value is -2.73. The van der Waals surface area contributed by atoms with E-state index in [9.17, 15) is 14.4 Å². The summed E-state index contributed by atoms with van der Waals surface area (Å²) in [5.74, 6) is 0.183. The van der Waals surface area contributed by atoms with E-state index >= 15 is 0 Å². The molecular formula is C30H39N3O3. The van der Waals surface area contributed by atoms with Crippen molar-refractivity contribution in [2.75, 3.05) is 38.6 Å². The summed E-state index contributed by atoms with van der Waals surface area (Å²) in [5.41, 5.74) is 6.86. The predicted molar refractivity (Wildman–Crippen MR) is 143 cm³/mol. The SMILES string of the molecule is CN(C)c1ccc2c(c1)C(C)(C)C1=CC3C(CCCN3CCCC(=O)CN3C(=O)CCC3=O)CC1=C2. The topological polar surface area (TPSA) is 60.9 Å². The molecule has 2 aliphatic carbocycles. The first-order valence-corrected chi connectivity index (χ1v) is 13.5. The second kappa shape index (κ2) is 9.62. The van der Waals surface area contributed by atoms with E-state index in [0.717, 1.165) is 30.8 Å². The van der Waals surface area contributed by atoms with Gasteiger partial charge in [0.25, 0.3) is 0 Å². The molecule has 2 aliphatic heterocycles. The summed E-state index contributed by atoms with van der Waals surface area (Å²) in [6.07, 6.45) is 10.2. The third-order valence-electron chi connectivity index (χ3n) is 8.71. The first-order chi connectivity index (χ1) is 17.1. The zero-order valence-corrected chi connectivity index (χ0v) is 22.2. The molecule has 0 N–H and O–H groups in total. The number of hydrogen-bond donors (Lipinski definition) is 0. The molecule has 2 atom stereocenters. The minimum Gasteiger partial charge on any atom is -0.378 e. The Morgan fingerprint density at radius 2 is 1.89 bits per heavy atom. The van der Waals surface area contributed by atoms with E-state index in [1.54, 1.807) is 0 Å². The van der Waals surface area contributed by atoms with E-state index in [4.69, 9.17) is 0 Å². The second-order valence-corrected chi connectivity index (χ2v) is 11.7. The van der Waals surface area contributed by atoms with Crippen molar-refractivity contribution in [1.82, 2.24) is 9.80 Å². The number of hydrogen-bond acceptors (Lipinski definition) is 5. The number of rotatable bonds is 7. The van der Waals surface area contributed by atoms with Crippen molar-refractivity contribution in [2.24, 2.45) is 5.92 Å². The molecule has 0 bridgehead atoms. The zero-order chi connectivity index (χ0) is 25.6. The van der Waals surface area contributed by atoms with Crippen LogP contribution in [0.3, 0.4) is 0 Å². The molecule has 0 aromatic heterocycles. The molecule has 2 amide bonds. The van der Waals surface area contributed by atoms with Gasteiger partial charge in [-0.15, -0.1) is 0 Å². The number of piperidine rings is 1. The van der Waals surface area contributed by atoms with E-state index in [-0.39, 0.29) is 42.4 Å². The number of carbonyl (C=O) groups is 3. The van der Waals surface area contributed by atoms with Gasteiger partial charge in [-0.05, 0) is 79.1 Å². The first-order valence-electron chi connectivity index (χ1n) is 13.5. The maximum Gasteiger partial charge on any atom is 0.230 e. The van der Waals surface area contributed by atoms with Crippen molar-refractivity contribution in [3.05, 3.63) is 46.5 Å². The van der Waals surface area contributed by atoms with Gasteiger partial charge >= 0.3 is 0 Å². The van der Waals surface area contributed by atoms with E-state index in [1.165, 1.54) is 40.8 Å². The van der Waals surface area contributed by atoms with Crippen LogP contribution in [0.2, 0.25) is 0 Å². The number of likely N-dealkylation sites (tertiary alicyclic amines) is 2. The number of benzene rings is 1. The first kappa shape index (κ1) is 24.9. The van der Waals surface area contributed by atoms with Gasteiger partial charge in [0.2, 0.25) is 11.8 Å². The van der Waals surface area contributed by atoms with Crippen molar-refractivity contribution in [1.29, 1.82) is 0 Å². The number of amides is 2. The quantitative estimate of drug-likeness (QED) is 0.534. The third kappa shape index (κ3) is 4.56. The van der Waals surface area contributed by atoms with Gasteiger partial charge in [0, 0.05) is 50.5 Å². The van der Waals surface area contributed by atoms with Gasteiger partial charge in [-0.2, -0.15) is 0 Å². The maximum absolute atomic E-state index is 12.5. The minimum atomic E-state index is -0.209. The van der Waals surface area contributed by atoms with E-state index in [1.807, 2.05) is 0 Å². The number of Topliss-reactive ketones (excluding diaryl/α,β-unsaturated/α-hetero) is 1. The van der Waals surface area contributed by atoms with Gasteiger partial charge < -0.3 is 4.90 Å². The smallest absolute Gasteiger partial charge is 0.230 e. The van der Waals surface area contributed by atoms with Gasteiger partial charge in [0.05, 0.1) is 6.54 Å². The van der Waals surface area contributed by atoms with Crippen molar-refractivity contribution in [2.45, 2.75) is 70.3 Å².